The Balaban J connectivity index is 0.00000242. The molecule has 1 aromatic carbocycles. The molecule has 1 atom stereocenters. The maximum atomic E-state index is 11.9. The lowest BCUT2D eigenvalue weighted by molar-refractivity contribution is -0.117. The number of carbonyl (C=O) groups excluding carboxylic acids is 1. The van der Waals surface area contributed by atoms with Gasteiger partial charge in [0.2, 0.25) is 11.0 Å². The minimum absolute atomic E-state index is 0. The molecular weight excluding hydrogens is 363 g/mol. The van der Waals surface area contributed by atoms with E-state index in [9.17, 15) is 4.79 Å². The zero-order valence-electron chi connectivity index (χ0n) is 11.8. The number of halogens is 2. The van der Waals surface area contributed by atoms with Gasteiger partial charge in [0.25, 0.3) is 0 Å². The number of anilines is 1. The summed E-state index contributed by atoms with van der Waals surface area (Å²) >= 11 is 8.89. The highest BCUT2D eigenvalue weighted by Crippen LogP contribution is 2.28. The van der Waals surface area contributed by atoms with E-state index in [4.69, 9.17) is 17.3 Å². The SMILES string of the molecule is CSCC[C@H](N)C(=O)Nc1nnc(-c2cccc(Cl)c2)s1.Cl. The lowest BCUT2D eigenvalue weighted by atomic mass is 10.2. The van der Waals surface area contributed by atoms with E-state index in [2.05, 4.69) is 15.5 Å². The molecule has 22 heavy (non-hydrogen) atoms. The zero-order valence-corrected chi connectivity index (χ0v) is 15.0. The van der Waals surface area contributed by atoms with Crippen molar-refractivity contribution in [3.63, 3.8) is 0 Å². The summed E-state index contributed by atoms with van der Waals surface area (Å²) in [7, 11) is 0. The molecule has 9 heteroatoms. The second-order valence-electron chi connectivity index (χ2n) is 4.30. The van der Waals surface area contributed by atoms with Gasteiger partial charge >= 0.3 is 0 Å². The van der Waals surface area contributed by atoms with Gasteiger partial charge in [-0.05, 0) is 30.6 Å². The third-order valence-electron chi connectivity index (χ3n) is 2.70. The second-order valence-corrected chi connectivity index (χ2v) is 6.70. The van der Waals surface area contributed by atoms with Crippen LogP contribution < -0.4 is 11.1 Å². The van der Waals surface area contributed by atoms with Crippen molar-refractivity contribution in [2.75, 3.05) is 17.3 Å². The number of aromatic nitrogens is 2. The number of nitrogens with zero attached hydrogens (tertiary/aromatic N) is 2. The number of benzene rings is 1. The summed E-state index contributed by atoms with van der Waals surface area (Å²) in [4.78, 5) is 11.9. The number of hydrogen-bond acceptors (Lipinski definition) is 6. The topological polar surface area (TPSA) is 80.9 Å². The molecule has 0 aliphatic heterocycles. The molecule has 0 unspecified atom stereocenters. The molecule has 3 N–H and O–H groups in total. The Morgan fingerprint density at radius 1 is 1.50 bits per heavy atom. The van der Waals surface area contributed by atoms with Crippen molar-refractivity contribution in [2.24, 2.45) is 5.73 Å². The summed E-state index contributed by atoms with van der Waals surface area (Å²) in [5.74, 6) is 0.608. The quantitative estimate of drug-likeness (QED) is 0.805. The normalized spacial score (nSPS) is 11.6. The number of thioether (sulfide) groups is 1. The highest BCUT2D eigenvalue weighted by molar-refractivity contribution is 7.98. The summed E-state index contributed by atoms with van der Waals surface area (Å²) in [5.41, 5.74) is 6.67. The van der Waals surface area contributed by atoms with E-state index in [1.165, 1.54) is 11.3 Å². The highest BCUT2D eigenvalue weighted by atomic mass is 35.5. The molecule has 2 rings (SSSR count). The van der Waals surface area contributed by atoms with Gasteiger partial charge in [-0.3, -0.25) is 10.1 Å². The van der Waals surface area contributed by atoms with Crippen LogP contribution in [0, 0.1) is 0 Å². The van der Waals surface area contributed by atoms with Crippen molar-refractivity contribution in [3.05, 3.63) is 29.3 Å². The van der Waals surface area contributed by atoms with Crippen LogP contribution in [0.3, 0.4) is 0 Å². The zero-order chi connectivity index (χ0) is 15.2. The molecule has 1 heterocycles. The van der Waals surface area contributed by atoms with Gasteiger partial charge in [-0.25, -0.2) is 0 Å². The van der Waals surface area contributed by atoms with Crippen molar-refractivity contribution in [1.82, 2.24) is 10.2 Å². The third kappa shape index (κ3) is 5.40. The molecule has 0 fully saturated rings. The Morgan fingerprint density at radius 3 is 2.95 bits per heavy atom. The van der Waals surface area contributed by atoms with Crippen LogP contribution in [0.5, 0.6) is 0 Å². The van der Waals surface area contributed by atoms with Gasteiger partial charge in [0, 0.05) is 10.6 Å². The van der Waals surface area contributed by atoms with Crippen LogP contribution in [0.25, 0.3) is 10.6 Å². The minimum atomic E-state index is -0.532. The maximum Gasteiger partial charge on any atom is 0.243 e. The molecular formula is C13H16Cl2N4OS2. The number of rotatable bonds is 6. The van der Waals surface area contributed by atoms with E-state index in [1.54, 1.807) is 23.9 Å². The number of amides is 1. The molecule has 0 aliphatic rings. The van der Waals surface area contributed by atoms with Gasteiger partial charge in [-0.1, -0.05) is 35.1 Å². The maximum absolute atomic E-state index is 11.9. The average Bonchev–Trinajstić information content (AvgIpc) is 2.93. The predicted octanol–water partition coefficient (Wildman–Crippen LogP) is 3.30. The highest BCUT2D eigenvalue weighted by Gasteiger charge is 2.15. The Bertz CT molecular complexity index is 624. The van der Waals surface area contributed by atoms with E-state index in [-0.39, 0.29) is 18.3 Å². The summed E-state index contributed by atoms with van der Waals surface area (Å²) in [5, 5.41) is 12.5. The number of hydrogen-bond donors (Lipinski definition) is 2. The van der Waals surface area contributed by atoms with E-state index < -0.39 is 6.04 Å². The fraction of sp³-hybridized carbons (Fsp3) is 0.308. The van der Waals surface area contributed by atoms with Crippen LogP contribution in [-0.2, 0) is 4.79 Å². The number of carbonyl (C=O) groups is 1. The lowest BCUT2D eigenvalue weighted by Gasteiger charge is -2.08. The molecule has 1 amide bonds. The van der Waals surface area contributed by atoms with Crippen LogP contribution in [0.2, 0.25) is 5.02 Å². The number of nitrogens with two attached hydrogens (primary N) is 1. The van der Waals surface area contributed by atoms with Crippen molar-refractivity contribution < 1.29 is 4.79 Å². The Hall–Kier alpha value is -0.860. The van der Waals surface area contributed by atoms with E-state index in [1.807, 2.05) is 18.4 Å². The first-order chi connectivity index (χ1) is 10.1. The lowest BCUT2D eigenvalue weighted by Crippen LogP contribution is -2.36. The van der Waals surface area contributed by atoms with Crippen molar-refractivity contribution in [2.45, 2.75) is 12.5 Å². The van der Waals surface area contributed by atoms with Crippen LogP contribution in [0.4, 0.5) is 5.13 Å². The van der Waals surface area contributed by atoms with Crippen molar-refractivity contribution >= 4 is 58.1 Å². The second kappa shape index (κ2) is 9.32. The largest absolute Gasteiger partial charge is 0.320 e. The Morgan fingerprint density at radius 2 is 2.27 bits per heavy atom. The van der Waals surface area contributed by atoms with E-state index in [0.717, 1.165) is 11.3 Å². The summed E-state index contributed by atoms with van der Waals surface area (Å²) in [6.45, 7) is 0. The van der Waals surface area contributed by atoms with Crippen LogP contribution in [-0.4, -0.2) is 34.2 Å². The van der Waals surface area contributed by atoms with Gasteiger partial charge in [-0.15, -0.1) is 22.6 Å². The Kier molecular flexibility index (Phi) is 8.13. The molecule has 5 nitrogen and oxygen atoms in total. The molecule has 0 saturated heterocycles. The van der Waals surface area contributed by atoms with Crippen LogP contribution in [0.1, 0.15) is 6.42 Å². The minimum Gasteiger partial charge on any atom is -0.320 e. The molecule has 0 spiro atoms. The average molecular weight is 379 g/mol. The smallest absolute Gasteiger partial charge is 0.243 e. The van der Waals surface area contributed by atoms with Gasteiger partial charge in [0.05, 0.1) is 6.04 Å². The van der Waals surface area contributed by atoms with E-state index >= 15 is 0 Å². The predicted molar refractivity (Wildman–Crippen MR) is 97.2 cm³/mol. The molecule has 0 radical (unpaired) electrons. The summed E-state index contributed by atoms with van der Waals surface area (Å²) < 4.78 is 0. The molecule has 120 valence electrons. The summed E-state index contributed by atoms with van der Waals surface area (Å²) in [6, 6.07) is 6.80. The third-order valence-corrected chi connectivity index (χ3v) is 4.46. The molecule has 0 bridgehead atoms. The molecule has 2 aromatic rings. The first kappa shape index (κ1) is 19.2. The first-order valence-corrected chi connectivity index (χ1v) is 8.84. The van der Waals surface area contributed by atoms with E-state index in [0.29, 0.717) is 21.6 Å². The summed E-state index contributed by atoms with van der Waals surface area (Å²) in [6.07, 6.45) is 2.61. The van der Waals surface area contributed by atoms with Crippen molar-refractivity contribution in [1.29, 1.82) is 0 Å². The van der Waals surface area contributed by atoms with Crippen molar-refractivity contribution in [3.8, 4) is 10.6 Å². The first-order valence-electron chi connectivity index (χ1n) is 6.25. The molecule has 0 saturated carbocycles. The fourth-order valence-electron chi connectivity index (χ4n) is 1.59. The Labute approximate surface area is 148 Å². The number of nitrogens with one attached hydrogen (secondary N) is 1. The van der Waals surface area contributed by atoms with Gasteiger partial charge in [-0.2, -0.15) is 11.8 Å². The monoisotopic (exact) mass is 378 g/mol. The fourth-order valence-corrected chi connectivity index (χ4v) is 3.01. The molecule has 1 aromatic heterocycles. The van der Waals surface area contributed by atoms with Gasteiger partial charge in [0.15, 0.2) is 0 Å². The van der Waals surface area contributed by atoms with Gasteiger partial charge in [0.1, 0.15) is 5.01 Å². The van der Waals surface area contributed by atoms with Crippen LogP contribution in [0.15, 0.2) is 24.3 Å². The van der Waals surface area contributed by atoms with Gasteiger partial charge < -0.3 is 5.73 Å². The molecule has 0 aliphatic carbocycles. The standard InChI is InChI=1S/C13H15ClN4OS2.ClH/c1-20-6-5-10(15)11(19)16-13-18-17-12(21-13)8-3-2-4-9(14)7-8;/h2-4,7,10H,5-6,15H2,1H3,(H,16,18,19);1H/t10-;/m0./s1. The van der Waals surface area contributed by atoms with Crippen LogP contribution >= 0.6 is 47.1 Å².